The Hall–Kier alpha value is -1.61. The second-order valence-electron chi connectivity index (χ2n) is 7.41. The summed E-state index contributed by atoms with van der Waals surface area (Å²) in [5.74, 6) is 0.0511. The summed E-state index contributed by atoms with van der Waals surface area (Å²) in [6.45, 7) is 5.23. The molecule has 1 saturated carbocycles. The van der Waals surface area contributed by atoms with Crippen molar-refractivity contribution in [3.8, 4) is 0 Å². The molecule has 0 radical (unpaired) electrons. The summed E-state index contributed by atoms with van der Waals surface area (Å²) < 4.78 is 2.61. The monoisotopic (exact) mass is 403 g/mol. The van der Waals surface area contributed by atoms with Gasteiger partial charge in [-0.05, 0) is 37.7 Å². The minimum atomic E-state index is 0.0511. The van der Waals surface area contributed by atoms with E-state index in [1.807, 2.05) is 9.58 Å². The topological polar surface area (TPSA) is 44.6 Å². The highest BCUT2D eigenvalue weighted by Crippen LogP contribution is 2.34. The van der Waals surface area contributed by atoms with Crippen LogP contribution in [0.4, 0.5) is 5.13 Å². The number of hydrogen-bond donors (Lipinski definition) is 0. The van der Waals surface area contributed by atoms with Crippen molar-refractivity contribution >= 4 is 34.6 Å². The Bertz CT molecular complexity index is 860. The predicted octanol–water partition coefficient (Wildman–Crippen LogP) is 3.14. The molecule has 0 N–H and O–H groups in total. The van der Waals surface area contributed by atoms with E-state index < -0.39 is 0 Å². The van der Waals surface area contributed by atoms with Gasteiger partial charge in [0.2, 0.25) is 11.0 Å². The first-order valence-electron chi connectivity index (χ1n) is 9.38. The molecule has 0 bridgehead atoms. The summed E-state index contributed by atoms with van der Waals surface area (Å²) in [6.07, 6.45) is 2.11. The van der Waals surface area contributed by atoms with E-state index in [4.69, 9.17) is 17.3 Å². The Labute approximate surface area is 169 Å². The summed E-state index contributed by atoms with van der Waals surface area (Å²) in [6, 6.07) is 11.2. The number of piperazine rings is 1. The quantitative estimate of drug-likeness (QED) is 0.718. The van der Waals surface area contributed by atoms with Crippen molar-refractivity contribution in [2.45, 2.75) is 38.5 Å². The predicted molar refractivity (Wildman–Crippen MR) is 111 cm³/mol. The highest BCUT2D eigenvalue weighted by atomic mass is 32.1. The van der Waals surface area contributed by atoms with Crippen molar-refractivity contribution in [2.24, 2.45) is 0 Å². The zero-order valence-electron chi connectivity index (χ0n) is 15.7. The summed E-state index contributed by atoms with van der Waals surface area (Å²) in [5, 5.41) is 5.45. The molecule has 27 heavy (non-hydrogen) atoms. The van der Waals surface area contributed by atoms with Gasteiger partial charge in [-0.25, -0.2) is 4.68 Å². The van der Waals surface area contributed by atoms with Gasteiger partial charge in [-0.2, -0.15) is 0 Å². The molecule has 1 aromatic carbocycles. The molecule has 1 atom stereocenters. The van der Waals surface area contributed by atoms with E-state index in [-0.39, 0.29) is 5.91 Å². The molecule has 1 aromatic heterocycles. The van der Waals surface area contributed by atoms with E-state index in [1.165, 1.54) is 16.9 Å². The van der Waals surface area contributed by atoms with Crippen LogP contribution in [0.15, 0.2) is 30.3 Å². The fourth-order valence-electron chi connectivity index (χ4n) is 3.65. The van der Waals surface area contributed by atoms with Crippen LogP contribution in [0, 0.1) is 3.95 Å². The van der Waals surface area contributed by atoms with Crippen LogP contribution in [0.25, 0.3) is 0 Å². The molecule has 1 unspecified atom stereocenters. The molecule has 0 spiro atoms. The van der Waals surface area contributed by atoms with Gasteiger partial charge in [-0.1, -0.05) is 41.7 Å². The molecule has 1 aliphatic heterocycles. The first-order valence-corrected chi connectivity index (χ1v) is 10.6. The molecule has 1 amide bonds. The molecule has 1 saturated heterocycles. The van der Waals surface area contributed by atoms with Crippen molar-refractivity contribution in [1.29, 1.82) is 0 Å². The maximum atomic E-state index is 12.0. The van der Waals surface area contributed by atoms with E-state index in [0.717, 1.165) is 41.6 Å². The molecular weight excluding hydrogens is 378 g/mol. The molecule has 2 fully saturated rings. The van der Waals surface area contributed by atoms with Crippen LogP contribution in [-0.2, 0) is 11.5 Å². The number of aromatic nitrogens is 2. The lowest BCUT2D eigenvalue weighted by Gasteiger charge is -2.40. The SMILES string of the molecule is CC(=O)N(c1nn(CN2CCN(C)CC2c2ccccc2)c(=S)s1)C1CC1. The first kappa shape index (κ1) is 18.7. The fourth-order valence-corrected chi connectivity index (χ4v) is 4.85. The van der Waals surface area contributed by atoms with E-state index in [9.17, 15) is 4.79 Å². The molecule has 8 heteroatoms. The Balaban J connectivity index is 1.57. The molecule has 144 valence electrons. The van der Waals surface area contributed by atoms with Crippen LogP contribution in [-0.4, -0.2) is 58.2 Å². The minimum Gasteiger partial charge on any atom is -0.303 e. The van der Waals surface area contributed by atoms with Gasteiger partial charge >= 0.3 is 0 Å². The normalized spacial score (nSPS) is 21.3. The lowest BCUT2D eigenvalue weighted by atomic mass is 10.0. The summed E-state index contributed by atoms with van der Waals surface area (Å²) >= 11 is 7.02. The van der Waals surface area contributed by atoms with E-state index in [2.05, 4.69) is 47.2 Å². The molecule has 4 rings (SSSR count). The first-order chi connectivity index (χ1) is 13.0. The van der Waals surface area contributed by atoms with Gasteiger partial charge in [0.15, 0.2) is 3.95 Å². The van der Waals surface area contributed by atoms with Crippen molar-refractivity contribution in [3.05, 3.63) is 39.8 Å². The van der Waals surface area contributed by atoms with Crippen LogP contribution < -0.4 is 4.90 Å². The number of rotatable bonds is 5. The van der Waals surface area contributed by atoms with Gasteiger partial charge < -0.3 is 4.90 Å². The molecule has 2 aliphatic rings. The van der Waals surface area contributed by atoms with Gasteiger partial charge in [0.05, 0.1) is 6.67 Å². The lowest BCUT2D eigenvalue weighted by molar-refractivity contribution is -0.116. The average molecular weight is 404 g/mol. The summed E-state index contributed by atoms with van der Waals surface area (Å²) in [7, 11) is 2.17. The maximum Gasteiger partial charge on any atom is 0.225 e. The molecule has 6 nitrogen and oxygen atoms in total. The van der Waals surface area contributed by atoms with Gasteiger partial charge in [0.1, 0.15) is 0 Å². The van der Waals surface area contributed by atoms with E-state index >= 15 is 0 Å². The Morgan fingerprint density at radius 2 is 2.04 bits per heavy atom. The minimum absolute atomic E-state index is 0.0511. The largest absolute Gasteiger partial charge is 0.303 e. The van der Waals surface area contributed by atoms with E-state index in [1.54, 1.807) is 6.92 Å². The molecule has 1 aliphatic carbocycles. The van der Waals surface area contributed by atoms with Crippen LogP contribution in [0.1, 0.15) is 31.4 Å². The highest BCUT2D eigenvalue weighted by Gasteiger charge is 2.34. The lowest BCUT2D eigenvalue weighted by Crippen LogP contribution is -2.47. The van der Waals surface area contributed by atoms with Crippen LogP contribution >= 0.6 is 23.6 Å². The van der Waals surface area contributed by atoms with Crippen molar-refractivity contribution in [2.75, 3.05) is 31.6 Å². The molecule has 2 heterocycles. The average Bonchev–Trinajstić information content (AvgIpc) is 3.41. The van der Waals surface area contributed by atoms with Crippen molar-refractivity contribution in [3.63, 3.8) is 0 Å². The van der Waals surface area contributed by atoms with Gasteiger partial charge in [-0.3, -0.25) is 14.6 Å². The van der Waals surface area contributed by atoms with Gasteiger partial charge in [0.25, 0.3) is 0 Å². The number of likely N-dealkylation sites (N-methyl/N-ethyl adjacent to an activating group) is 1. The highest BCUT2D eigenvalue weighted by molar-refractivity contribution is 7.73. The number of carbonyl (C=O) groups is 1. The zero-order chi connectivity index (χ0) is 19.0. The van der Waals surface area contributed by atoms with Gasteiger partial charge in [-0.15, -0.1) is 5.10 Å². The number of carbonyl (C=O) groups excluding carboxylic acids is 1. The number of benzene rings is 1. The Morgan fingerprint density at radius 1 is 1.30 bits per heavy atom. The molecular formula is C19H25N5OS2. The van der Waals surface area contributed by atoms with Gasteiger partial charge in [0, 0.05) is 38.6 Å². The second-order valence-corrected chi connectivity index (χ2v) is 9.01. The molecule has 2 aromatic rings. The van der Waals surface area contributed by atoms with Crippen molar-refractivity contribution < 1.29 is 4.79 Å². The number of nitrogens with zero attached hydrogens (tertiary/aromatic N) is 5. The third kappa shape index (κ3) is 4.13. The zero-order valence-corrected chi connectivity index (χ0v) is 17.4. The Morgan fingerprint density at radius 3 is 2.70 bits per heavy atom. The smallest absolute Gasteiger partial charge is 0.225 e. The van der Waals surface area contributed by atoms with E-state index in [0.29, 0.717) is 18.8 Å². The second kappa shape index (κ2) is 7.79. The maximum absolute atomic E-state index is 12.0. The third-order valence-corrected chi connectivity index (χ3v) is 6.55. The van der Waals surface area contributed by atoms with Crippen LogP contribution in [0.3, 0.4) is 0 Å². The number of anilines is 1. The van der Waals surface area contributed by atoms with Crippen molar-refractivity contribution in [1.82, 2.24) is 19.6 Å². The van der Waals surface area contributed by atoms with Crippen LogP contribution in [0.5, 0.6) is 0 Å². The summed E-state index contributed by atoms with van der Waals surface area (Å²) in [5.41, 5.74) is 1.31. The third-order valence-electron chi connectivity index (χ3n) is 5.25. The van der Waals surface area contributed by atoms with Crippen LogP contribution in [0.2, 0.25) is 0 Å². The fraction of sp³-hybridized carbons (Fsp3) is 0.526. The summed E-state index contributed by atoms with van der Waals surface area (Å²) in [4.78, 5) is 18.7. The Kier molecular flexibility index (Phi) is 5.41. The standard InChI is InChI=1S/C19H25N5OS2/c1-14(25)24(16-8-9-16)18-20-23(19(26)27-18)13-22-11-10-21(2)12-17(22)15-6-4-3-5-7-15/h3-7,16-17H,8-13H2,1-2H3. The number of amides is 1. The number of hydrogen-bond acceptors (Lipinski definition) is 6.